The molecule has 0 aliphatic rings. The fraction of sp³-hybridized carbons (Fsp3) is 0.333. The summed E-state index contributed by atoms with van der Waals surface area (Å²) in [6.45, 7) is 0. The maximum atomic E-state index is 12.2. The normalized spacial score (nSPS) is 11.2. The number of alkyl halides is 4. The van der Waals surface area contributed by atoms with Crippen LogP contribution in [0.5, 0.6) is 5.75 Å². The van der Waals surface area contributed by atoms with Gasteiger partial charge in [0.15, 0.2) is 0 Å². The van der Waals surface area contributed by atoms with E-state index >= 15 is 0 Å². The molecule has 18 heavy (non-hydrogen) atoms. The van der Waals surface area contributed by atoms with Crippen LogP contribution in [0.15, 0.2) is 6.07 Å². The first-order valence-corrected chi connectivity index (χ1v) is 6.58. The van der Waals surface area contributed by atoms with E-state index in [9.17, 15) is 18.0 Å². The molecule has 1 aromatic heterocycles. The first-order valence-electron chi connectivity index (χ1n) is 4.38. The number of pyridine rings is 1. The van der Waals surface area contributed by atoms with Gasteiger partial charge in [-0.1, -0.05) is 15.9 Å². The van der Waals surface area contributed by atoms with Crippen LogP contribution >= 0.6 is 38.5 Å². The van der Waals surface area contributed by atoms with Gasteiger partial charge >= 0.3 is 12.3 Å². The summed E-state index contributed by atoms with van der Waals surface area (Å²) in [5.41, 5.74) is -0.222. The van der Waals surface area contributed by atoms with Crippen molar-refractivity contribution in [3.05, 3.63) is 21.0 Å². The number of rotatable bonds is 3. The number of carbonyl (C=O) groups is 1. The molecular formula is C9H6BrF3INO3. The lowest BCUT2D eigenvalue weighted by Crippen LogP contribution is -2.21. The molecule has 0 aliphatic carbocycles. The predicted octanol–water partition coefficient (Wildman–Crippen LogP) is 3.27. The van der Waals surface area contributed by atoms with Gasteiger partial charge in [0, 0.05) is 11.4 Å². The van der Waals surface area contributed by atoms with Crippen molar-refractivity contribution >= 4 is 44.5 Å². The Morgan fingerprint density at radius 1 is 1.56 bits per heavy atom. The van der Waals surface area contributed by atoms with Crippen LogP contribution in [0.3, 0.4) is 0 Å². The van der Waals surface area contributed by atoms with Crippen molar-refractivity contribution in [2.75, 3.05) is 7.11 Å². The first kappa shape index (κ1) is 15.5. The van der Waals surface area contributed by atoms with E-state index in [1.165, 1.54) is 0 Å². The third kappa shape index (κ3) is 3.97. The summed E-state index contributed by atoms with van der Waals surface area (Å²) < 4.78 is 45.3. The zero-order valence-corrected chi connectivity index (χ0v) is 12.6. The summed E-state index contributed by atoms with van der Waals surface area (Å²) >= 11 is 4.77. The Hall–Kier alpha value is -0.580. The van der Waals surface area contributed by atoms with E-state index in [1.54, 1.807) is 22.6 Å². The largest absolute Gasteiger partial charge is 0.573 e. The Bertz CT molecular complexity index is 467. The molecule has 0 saturated carbocycles. The van der Waals surface area contributed by atoms with E-state index in [4.69, 9.17) is 0 Å². The van der Waals surface area contributed by atoms with E-state index in [-0.39, 0.29) is 20.3 Å². The van der Waals surface area contributed by atoms with Crippen molar-refractivity contribution < 1.29 is 27.4 Å². The van der Waals surface area contributed by atoms with Crippen molar-refractivity contribution in [2.45, 2.75) is 11.7 Å². The van der Waals surface area contributed by atoms with Crippen LogP contribution in [0.25, 0.3) is 0 Å². The van der Waals surface area contributed by atoms with Gasteiger partial charge < -0.3 is 9.47 Å². The molecule has 0 unspecified atom stereocenters. The number of aromatic nitrogens is 1. The quantitative estimate of drug-likeness (QED) is 0.314. The van der Waals surface area contributed by atoms with Crippen molar-refractivity contribution in [3.63, 3.8) is 0 Å². The van der Waals surface area contributed by atoms with E-state index in [2.05, 4.69) is 30.4 Å². The van der Waals surface area contributed by atoms with Crippen molar-refractivity contribution in [2.24, 2.45) is 0 Å². The molecule has 1 aromatic rings. The maximum Gasteiger partial charge on any atom is 0.573 e. The van der Waals surface area contributed by atoms with Crippen LogP contribution < -0.4 is 4.74 Å². The van der Waals surface area contributed by atoms with Crippen molar-refractivity contribution in [3.8, 4) is 5.75 Å². The summed E-state index contributed by atoms with van der Waals surface area (Å²) in [4.78, 5) is 15.4. The number of esters is 1. The second-order valence-corrected chi connectivity index (χ2v) is 4.60. The molecule has 0 radical (unpaired) electrons. The average molecular weight is 440 g/mol. The zero-order chi connectivity index (χ0) is 13.9. The Morgan fingerprint density at radius 2 is 2.17 bits per heavy atom. The second kappa shape index (κ2) is 6.04. The Kier molecular flexibility index (Phi) is 5.20. The van der Waals surface area contributed by atoms with Crippen molar-refractivity contribution in [1.82, 2.24) is 4.98 Å². The van der Waals surface area contributed by atoms with Gasteiger partial charge in [-0.25, -0.2) is 9.78 Å². The Balaban J connectivity index is 3.37. The number of hydrogen-bond acceptors (Lipinski definition) is 4. The summed E-state index contributed by atoms with van der Waals surface area (Å²) in [5, 5.41) is 0.0997. The molecule has 0 atom stereocenters. The lowest BCUT2D eigenvalue weighted by molar-refractivity contribution is -0.274. The minimum atomic E-state index is -4.89. The molecule has 0 aromatic carbocycles. The zero-order valence-electron chi connectivity index (χ0n) is 8.85. The third-order valence-corrected chi connectivity index (χ3v) is 2.85. The van der Waals surface area contributed by atoms with Gasteiger partial charge in [-0.2, -0.15) is 0 Å². The van der Waals surface area contributed by atoms with Gasteiger partial charge in [-0.05, 0) is 22.6 Å². The van der Waals surface area contributed by atoms with E-state index in [0.29, 0.717) is 0 Å². The van der Waals surface area contributed by atoms with Gasteiger partial charge in [-0.3, -0.25) is 0 Å². The highest BCUT2D eigenvalue weighted by atomic mass is 127. The van der Waals surface area contributed by atoms with E-state index in [0.717, 1.165) is 13.2 Å². The lowest BCUT2D eigenvalue weighted by Gasteiger charge is -2.14. The Labute approximate surface area is 122 Å². The monoisotopic (exact) mass is 439 g/mol. The molecule has 9 heteroatoms. The molecule has 4 nitrogen and oxygen atoms in total. The van der Waals surface area contributed by atoms with Gasteiger partial charge in [-0.15, -0.1) is 13.2 Å². The highest BCUT2D eigenvalue weighted by molar-refractivity contribution is 14.1. The topological polar surface area (TPSA) is 48.4 Å². The van der Waals surface area contributed by atoms with Crippen LogP contribution in [0.2, 0.25) is 0 Å². The number of ether oxygens (including phenoxy) is 2. The van der Waals surface area contributed by atoms with Gasteiger partial charge in [0.25, 0.3) is 0 Å². The molecule has 0 saturated heterocycles. The third-order valence-electron chi connectivity index (χ3n) is 1.77. The predicted molar refractivity (Wildman–Crippen MR) is 67.6 cm³/mol. The van der Waals surface area contributed by atoms with Crippen molar-refractivity contribution in [1.29, 1.82) is 0 Å². The number of halogens is 5. The number of methoxy groups -OCH3 is 1. The molecule has 0 N–H and O–H groups in total. The summed E-state index contributed by atoms with van der Waals surface area (Å²) in [6.07, 6.45) is -4.89. The SMILES string of the molecule is COC(=O)c1c(OC(F)(F)F)cc(I)nc1CBr. The minimum absolute atomic E-state index is 0.0997. The number of nitrogens with zero attached hydrogens (tertiary/aromatic N) is 1. The van der Waals surface area contributed by atoms with Gasteiger partial charge in [0.2, 0.25) is 0 Å². The maximum absolute atomic E-state index is 12.2. The first-order chi connectivity index (χ1) is 8.28. The fourth-order valence-electron chi connectivity index (χ4n) is 1.16. The van der Waals surface area contributed by atoms with Crippen LogP contribution in [-0.2, 0) is 10.1 Å². The molecule has 0 spiro atoms. The van der Waals surface area contributed by atoms with Crippen LogP contribution in [-0.4, -0.2) is 24.4 Å². The highest BCUT2D eigenvalue weighted by Gasteiger charge is 2.34. The molecule has 100 valence electrons. The molecule has 0 amide bonds. The number of hydrogen-bond donors (Lipinski definition) is 0. The smallest absolute Gasteiger partial charge is 0.465 e. The van der Waals surface area contributed by atoms with Gasteiger partial charge in [0.1, 0.15) is 15.0 Å². The summed E-state index contributed by atoms with van der Waals surface area (Å²) in [6, 6.07) is 1.02. The van der Waals surface area contributed by atoms with E-state index < -0.39 is 18.1 Å². The molecular weight excluding hydrogens is 434 g/mol. The fourth-order valence-corrected chi connectivity index (χ4v) is 2.14. The lowest BCUT2D eigenvalue weighted by atomic mass is 10.2. The minimum Gasteiger partial charge on any atom is -0.465 e. The van der Waals surface area contributed by atoms with Crippen LogP contribution in [0, 0.1) is 3.70 Å². The standard InChI is InChI=1S/C9H6BrF3INO3/c1-17-8(16)7-4(3-10)15-6(14)2-5(7)18-9(11,12)13/h2H,3H2,1H3. The average Bonchev–Trinajstić information content (AvgIpc) is 2.25. The van der Waals surface area contributed by atoms with E-state index in [1.807, 2.05) is 0 Å². The Morgan fingerprint density at radius 3 is 2.61 bits per heavy atom. The second-order valence-electron chi connectivity index (χ2n) is 2.94. The number of carbonyl (C=O) groups excluding carboxylic acids is 1. The summed E-state index contributed by atoms with van der Waals surface area (Å²) in [5.74, 6) is -1.56. The summed E-state index contributed by atoms with van der Waals surface area (Å²) in [7, 11) is 1.07. The molecule has 1 rings (SSSR count). The van der Waals surface area contributed by atoms with Gasteiger partial charge in [0.05, 0.1) is 12.8 Å². The molecule has 0 bridgehead atoms. The van der Waals surface area contributed by atoms with Crippen LogP contribution in [0.4, 0.5) is 13.2 Å². The van der Waals surface area contributed by atoms with Crippen LogP contribution in [0.1, 0.15) is 16.1 Å². The molecule has 0 fully saturated rings. The molecule has 0 aliphatic heterocycles. The molecule has 1 heterocycles. The highest BCUT2D eigenvalue weighted by Crippen LogP contribution is 2.30.